The van der Waals surface area contributed by atoms with Crippen molar-refractivity contribution in [2.45, 2.75) is 32.6 Å². The van der Waals surface area contributed by atoms with Crippen molar-refractivity contribution in [1.82, 2.24) is 0 Å². The number of rotatable bonds is 6. The summed E-state index contributed by atoms with van der Waals surface area (Å²) >= 11 is 6.17. The van der Waals surface area contributed by atoms with Crippen molar-refractivity contribution < 1.29 is 13.2 Å². The summed E-state index contributed by atoms with van der Waals surface area (Å²) in [5, 5.41) is 0.400. The Hall–Kier alpha value is -1.72. The number of sulfonamides is 1. The van der Waals surface area contributed by atoms with Crippen LogP contribution in [0.2, 0.25) is 5.02 Å². The molecule has 2 aromatic rings. The molecule has 2 rings (SSSR count). The van der Waals surface area contributed by atoms with Crippen LogP contribution in [0.3, 0.4) is 0 Å². The predicted octanol–water partition coefficient (Wildman–Crippen LogP) is 4.57. The number of anilines is 1. The second kappa shape index (κ2) is 7.45. The summed E-state index contributed by atoms with van der Waals surface area (Å²) in [6.45, 7) is 8.05. The average Bonchev–Trinajstić information content (AvgIpc) is 2.51. The molecule has 0 radical (unpaired) electrons. The molecule has 0 saturated carbocycles. The van der Waals surface area contributed by atoms with E-state index in [-0.39, 0.29) is 4.90 Å². The Morgan fingerprint density at radius 2 is 1.83 bits per heavy atom. The molecule has 130 valence electrons. The van der Waals surface area contributed by atoms with E-state index in [2.05, 4.69) is 0 Å². The minimum absolute atomic E-state index is 0.0864. The van der Waals surface area contributed by atoms with Gasteiger partial charge in [-0.15, -0.1) is 0 Å². The van der Waals surface area contributed by atoms with Crippen molar-refractivity contribution in [1.29, 1.82) is 0 Å². The van der Waals surface area contributed by atoms with Gasteiger partial charge in [0, 0.05) is 11.6 Å². The summed E-state index contributed by atoms with van der Waals surface area (Å²) in [4.78, 5) is 0.0864. The van der Waals surface area contributed by atoms with Gasteiger partial charge in [0.05, 0.1) is 12.3 Å². The van der Waals surface area contributed by atoms with Crippen LogP contribution in [0, 0.1) is 13.8 Å². The highest BCUT2D eigenvalue weighted by atomic mass is 35.5. The third-order valence-corrected chi connectivity index (χ3v) is 6.00. The molecule has 4 nitrogen and oxygen atoms in total. The van der Waals surface area contributed by atoms with Crippen LogP contribution in [0.5, 0.6) is 5.75 Å². The third-order valence-electron chi connectivity index (χ3n) is 3.67. The van der Waals surface area contributed by atoms with Crippen LogP contribution in [0.1, 0.15) is 25.0 Å². The van der Waals surface area contributed by atoms with E-state index in [4.69, 9.17) is 16.3 Å². The summed E-state index contributed by atoms with van der Waals surface area (Å²) < 4.78 is 33.4. The summed E-state index contributed by atoms with van der Waals surface area (Å²) in [5.74, 6) is 0.325. The molecule has 0 aliphatic heterocycles. The number of hydrogen-bond acceptors (Lipinski definition) is 3. The maximum Gasteiger partial charge on any atom is 0.268 e. The third kappa shape index (κ3) is 3.68. The van der Waals surface area contributed by atoms with Gasteiger partial charge in [0.2, 0.25) is 0 Å². The molecule has 0 aliphatic carbocycles. The fourth-order valence-corrected chi connectivity index (χ4v) is 4.34. The normalized spacial score (nSPS) is 11.4. The highest BCUT2D eigenvalue weighted by Gasteiger charge is 2.28. The van der Waals surface area contributed by atoms with Crippen LogP contribution in [0.4, 0.5) is 5.69 Å². The van der Waals surface area contributed by atoms with Gasteiger partial charge in [0.25, 0.3) is 10.0 Å². The SMILES string of the molecule is CCOc1cc(C)c(Cl)cc1S(=O)(=O)N(CC)c1cccc(C)c1. The van der Waals surface area contributed by atoms with Gasteiger partial charge in [0.1, 0.15) is 10.6 Å². The fraction of sp³-hybridized carbons (Fsp3) is 0.333. The van der Waals surface area contributed by atoms with Crippen molar-refractivity contribution in [2.24, 2.45) is 0 Å². The predicted molar refractivity (Wildman–Crippen MR) is 98.7 cm³/mol. The monoisotopic (exact) mass is 367 g/mol. The molecule has 6 heteroatoms. The first-order valence-corrected chi connectivity index (χ1v) is 9.65. The standard InChI is InChI=1S/C18H22ClNO3S/c1-5-20(15-9-7-8-13(3)10-15)24(21,22)18-12-16(19)14(4)11-17(18)23-6-2/h7-12H,5-6H2,1-4H3. The van der Waals surface area contributed by atoms with Gasteiger partial charge in [-0.25, -0.2) is 8.42 Å². The number of aryl methyl sites for hydroxylation is 2. The van der Waals surface area contributed by atoms with Gasteiger partial charge in [-0.2, -0.15) is 0 Å². The molecule has 24 heavy (non-hydrogen) atoms. The molecule has 0 fully saturated rings. The first-order chi connectivity index (χ1) is 11.3. The number of halogens is 1. The molecule has 0 heterocycles. The molecule has 0 bridgehead atoms. The lowest BCUT2D eigenvalue weighted by Crippen LogP contribution is -2.31. The quantitative estimate of drug-likeness (QED) is 0.751. The second-order valence-electron chi connectivity index (χ2n) is 5.49. The van der Waals surface area contributed by atoms with Gasteiger partial charge in [-0.3, -0.25) is 4.31 Å². The van der Waals surface area contributed by atoms with Gasteiger partial charge >= 0.3 is 0 Å². The smallest absolute Gasteiger partial charge is 0.268 e. The lowest BCUT2D eigenvalue weighted by atomic mass is 10.2. The summed E-state index contributed by atoms with van der Waals surface area (Å²) in [5.41, 5.74) is 2.39. The molecule has 0 atom stereocenters. The second-order valence-corrected chi connectivity index (χ2v) is 7.73. The van der Waals surface area contributed by atoms with Crippen molar-refractivity contribution in [2.75, 3.05) is 17.5 Å². The van der Waals surface area contributed by atoms with Gasteiger partial charge in [-0.05, 0) is 63.1 Å². The molecule has 0 spiro atoms. The van der Waals surface area contributed by atoms with E-state index in [9.17, 15) is 8.42 Å². The Kier molecular flexibility index (Phi) is 5.78. The van der Waals surface area contributed by atoms with E-state index in [1.807, 2.05) is 39.0 Å². The molecule has 0 aromatic heterocycles. The van der Waals surface area contributed by atoms with Gasteiger partial charge in [0.15, 0.2) is 0 Å². The lowest BCUT2D eigenvalue weighted by Gasteiger charge is -2.25. The van der Waals surface area contributed by atoms with Crippen LogP contribution in [-0.2, 0) is 10.0 Å². The molecule has 0 amide bonds. The highest BCUT2D eigenvalue weighted by molar-refractivity contribution is 7.93. The first-order valence-electron chi connectivity index (χ1n) is 7.83. The van der Waals surface area contributed by atoms with Crippen LogP contribution < -0.4 is 9.04 Å². The number of ether oxygens (including phenoxy) is 1. The van der Waals surface area contributed by atoms with Gasteiger partial charge < -0.3 is 4.74 Å². The molecular formula is C18H22ClNO3S. The Morgan fingerprint density at radius 3 is 2.42 bits per heavy atom. The molecule has 0 unspecified atom stereocenters. The summed E-state index contributed by atoms with van der Waals surface area (Å²) in [7, 11) is -3.79. The zero-order valence-electron chi connectivity index (χ0n) is 14.3. The Morgan fingerprint density at radius 1 is 1.12 bits per heavy atom. The number of hydrogen-bond donors (Lipinski definition) is 0. The molecule has 0 N–H and O–H groups in total. The van der Waals surface area contributed by atoms with E-state index in [0.717, 1.165) is 11.1 Å². The zero-order chi connectivity index (χ0) is 17.9. The van der Waals surface area contributed by atoms with Crippen molar-refractivity contribution in [3.8, 4) is 5.75 Å². The van der Waals surface area contributed by atoms with E-state index < -0.39 is 10.0 Å². The Bertz CT molecular complexity index is 834. The van der Waals surface area contributed by atoms with Crippen molar-refractivity contribution in [3.63, 3.8) is 0 Å². The van der Waals surface area contributed by atoms with E-state index >= 15 is 0 Å². The number of nitrogens with zero attached hydrogens (tertiary/aromatic N) is 1. The lowest BCUT2D eigenvalue weighted by molar-refractivity contribution is 0.331. The van der Waals surface area contributed by atoms with E-state index in [0.29, 0.717) is 29.6 Å². The molecule has 0 saturated heterocycles. The summed E-state index contributed by atoms with van der Waals surface area (Å²) in [6, 6.07) is 10.5. The largest absolute Gasteiger partial charge is 0.492 e. The van der Waals surface area contributed by atoms with Crippen LogP contribution >= 0.6 is 11.6 Å². The average molecular weight is 368 g/mol. The van der Waals surface area contributed by atoms with Gasteiger partial charge in [-0.1, -0.05) is 23.7 Å². The van der Waals surface area contributed by atoms with E-state index in [1.165, 1.54) is 10.4 Å². The van der Waals surface area contributed by atoms with Crippen LogP contribution in [-0.4, -0.2) is 21.6 Å². The Balaban J connectivity index is 2.62. The topological polar surface area (TPSA) is 46.6 Å². The van der Waals surface area contributed by atoms with Crippen LogP contribution in [0.15, 0.2) is 41.3 Å². The maximum absolute atomic E-state index is 13.2. The molecule has 0 aliphatic rings. The van der Waals surface area contributed by atoms with Crippen molar-refractivity contribution >= 4 is 27.3 Å². The summed E-state index contributed by atoms with van der Waals surface area (Å²) in [6.07, 6.45) is 0. The Labute approximate surface area is 149 Å². The van der Waals surface area contributed by atoms with E-state index in [1.54, 1.807) is 19.1 Å². The van der Waals surface area contributed by atoms with Crippen LogP contribution in [0.25, 0.3) is 0 Å². The fourth-order valence-electron chi connectivity index (χ4n) is 2.50. The minimum Gasteiger partial charge on any atom is -0.492 e. The minimum atomic E-state index is -3.79. The zero-order valence-corrected chi connectivity index (χ0v) is 15.9. The highest BCUT2D eigenvalue weighted by Crippen LogP contribution is 2.34. The molecule has 2 aromatic carbocycles. The van der Waals surface area contributed by atoms with Crippen molar-refractivity contribution in [3.05, 3.63) is 52.5 Å². The first kappa shape index (κ1) is 18.6. The number of benzene rings is 2. The molecular weight excluding hydrogens is 346 g/mol. The maximum atomic E-state index is 13.2.